The summed E-state index contributed by atoms with van der Waals surface area (Å²) >= 11 is 0. The molecule has 1 aromatic rings. The maximum Gasteiger partial charge on any atom is 0.254 e. The predicted octanol–water partition coefficient (Wildman–Crippen LogP) is 2.79. The molecule has 2 aliphatic heterocycles. The number of hydrogen-bond donors (Lipinski definition) is 1. The Labute approximate surface area is 175 Å². The number of benzene rings is 1. The Bertz CT molecular complexity index is 562. The molecule has 2 fully saturated rings. The molecule has 0 spiro atoms. The van der Waals surface area contributed by atoms with Crippen molar-refractivity contribution in [2.75, 3.05) is 59.0 Å². The molecule has 0 bridgehead atoms. The minimum absolute atomic E-state index is 0. The van der Waals surface area contributed by atoms with Gasteiger partial charge in [-0.3, -0.25) is 9.69 Å². The van der Waals surface area contributed by atoms with Gasteiger partial charge in [-0.05, 0) is 43.9 Å². The Morgan fingerprint density at radius 2 is 2.00 bits per heavy atom. The summed E-state index contributed by atoms with van der Waals surface area (Å²) in [6, 6.07) is 8.17. The number of amides is 1. The molecule has 2 heterocycles. The van der Waals surface area contributed by atoms with Crippen molar-refractivity contribution in [1.82, 2.24) is 15.1 Å². The van der Waals surface area contributed by atoms with Gasteiger partial charge in [0.25, 0.3) is 5.91 Å². The number of rotatable bonds is 7. The van der Waals surface area contributed by atoms with E-state index in [-0.39, 0.29) is 30.7 Å². The van der Waals surface area contributed by atoms with Crippen LogP contribution in [0.1, 0.15) is 41.6 Å². The molecule has 2 saturated heterocycles. The van der Waals surface area contributed by atoms with Crippen molar-refractivity contribution in [3.63, 3.8) is 0 Å². The van der Waals surface area contributed by atoms with Crippen LogP contribution in [0.2, 0.25) is 0 Å². The summed E-state index contributed by atoms with van der Waals surface area (Å²) in [5.74, 6) is 0.652. The molecule has 2 aliphatic rings. The number of ether oxygens (including phenoxy) is 1. The van der Waals surface area contributed by atoms with Gasteiger partial charge in [-0.2, -0.15) is 0 Å². The van der Waals surface area contributed by atoms with Crippen molar-refractivity contribution in [2.24, 2.45) is 0 Å². The van der Waals surface area contributed by atoms with E-state index in [4.69, 9.17) is 4.74 Å². The molecule has 1 atom stereocenters. The summed E-state index contributed by atoms with van der Waals surface area (Å²) in [6.07, 6.45) is 2.14. The van der Waals surface area contributed by atoms with Crippen molar-refractivity contribution in [2.45, 2.75) is 25.7 Å². The monoisotopic (exact) mass is 417 g/mol. The van der Waals surface area contributed by atoms with E-state index < -0.39 is 0 Å². The van der Waals surface area contributed by atoms with Crippen LogP contribution in [0.15, 0.2) is 24.3 Å². The summed E-state index contributed by atoms with van der Waals surface area (Å²) in [4.78, 5) is 17.5. The van der Waals surface area contributed by atoms with Crippen molar-refractivity contribution < 1.29 is 9.53 Å². The second-order valence-electron chi connectivity index (χ2n) is 6.97. The minimum Gasteiger partial charge on any atom is -0.379 e. The lowest BCUT2D eigenvalue weighted by molar-refractivity contribution is 0.0358. The zero-order valence-corrected chi connectivity index (χ0v) is 17.8. The fourth-order valence-electron chi connectivity index (χ4n) is 3.85. The topological polar surface area (TPSA) is 44.8 Å². The standard InChI is InChI=1S/C20H31N3O2.2ClH/c1-2-23(11-5-10-22-12-14-25-15-13-22)20(24)19-7-4-3-6-18(19)17-8-9-21-16-17;;/h3-4,6-7,17,21H,2,5,8-16H2,1H3;2*1H. The van der Waals surface area contributed by atoms with Gasteiger partial charge in [0.2, 0.25) is 0 Å². The second kappa shape index (κ2) is 12.6. The molecule has 0 aliphatic carbocycles. The molecule has 0 aromatic heterocycles. The zero-order chi connectivity index (χ0) is 17.5. The fourth-order valence-corrected chi connectivity index (χ4v) is 3.85. The average Bonchev–Trinajstić information content (AvgIpc) is 3.20. The molecule has 3 rings (SSSR count). The number of carbonyl (C=O) groups excluding carboxylic acids is 1. The predicted molar refractivity (Wildman–Crippen MR) is 115 cm³/mol. The van der Waals surface area contributed by atoms with Crippen LogP contribution >= 0.6 is 24.8 Å². The summed E-state index contributed by atoms with van der Waals surface area (Å²) in [7, 11) is 0. The van der Waals surface area contributed by atoms with Crippen molar-refractivity contribution >= 4 is 30.7 Å². The van der Waals surface area contributed by atoms with E-state index in [1.807, 2.05) is 17.0 Å². The number of hydrogen-bond acceptors (Lipinski definition) is 4. The van der Waals surface area contributed by atoms with E-state index in [0.717, 1.165) is 77.4 Å². The fraction of sp³-hybridized carbons (Fsp3) is 0.650. The lowest BCUT2D eigenvalue weighted by Crippen LogP contribution is -2.39. The first kappa shape index (κ1) is 24.2. The molecule has 27 heavy (non-hydrogen) atoms. The van der Waals surface area contributed by atoms with E-state index in [1.54, 1.807) is 0 Å². The normalized spacial score (nSPS) is 19.8. The van der Waals surface area contributed by atoms with E-state index in [0.29, 0.717) is 5.92 Å². The highest BCUT2D eigenvalue weighted by molar-refractivity contribution is 5.96. The number of morpholine rings is 1. The van der Waals surface area contributed by atoms with Crippen LogP contribution in [0.3, 0.4) is 0 Å². The first-order chi connectivity index (χ1) is 12.3. The van der Waals surface area contributed by atoms with Gasteiger partial charge < -0.3 is 15.0 Å². The third-order valence-electron chi connectivity index (χ3n) is 5.37. The Morgan fingerprint density at radius 3 is 2.67 bits per heavy atom. The van der Waals surface area contributed by atoms with Gasteiger partial charge >= 0.3 is 0 Å². The van der Waals surface area contributed by atoms with Crippen LogP contribution in [-0.2, 0) is 4.74 Å². The summed E-state index contributed by atoms with van der Waals surface area (Å²) in [5, 5.41) is 3.41. The maximum atomic E-state index is 13.1. The Balaban J connectivity index is 0.00000182. The van der Waals surface area contributed by atoms with Gasteiger partial charge in [0.05, 0.1) is 13.2 Å². The van der Waals surface area contributed by atoms with E-state index >= 15 is 0 Å². The molecule has 1 aromatic carbocycles. The molecule has 0 saturated carbocycles. The van der Waals surface area contributed by atoms with Crippen LogP contribution < -0.4 is 5.32 Å². The van der Waals surface area contributed by atoms with Gasteiger partial charge in [0, 0.05) is 44.8 Å². The minimum atomic E-state index is 0. The number of carbonyl (C=O) groups is 1. The Morgan fingerprint density at radius 1 is 1.26 bits per heavy atom. The third kappa shape index (κ3) is 6.61. The summed E-state index contributed by atoms with van der Waals surface area (Å²) in [5.41, 5.74) is 2.11. The molecular formula is C20H33Cl2N3O2. The lowest BCUT2D eigenvalue weighted by atomic mass is 9.93. The third-order valence-corrected chi connectivity index (χ3v) is 5.37. The number of halogens is 2. The summed E-state index contributed by atoms with van der Waals surface area (Å²) in [6.45, 7) is 10.4. The molecule has 1 unspecified atom stereocenters. The van der Waals surface area contributed by atoms with Gasteiger partial charge in [0.1, 0.15) is 0 Å². The first-order valence-electron chi connectivity index (χ1n) is 9.68. The van der Waals surface area contributed by atoms with Crippen molar-refractivity contribution in [3.05, 3.63) is 35.4 Å². The Kier molecular flexibility index (Phi) is 11.3. The van der Waals surface area contributed by atoms with Crippen LogP contribution in [0.5, 0.6) is 0 Å². The van der Waals surface area contributed by atoms with Gasteiger partial charge in [-0.25, -0.2) is 0 Å². The van der Waals surface area contributed by atoms with E-state index in [1.165, 1.54) is 5.56 Å². The van der Waals surface area contributed by atoms with Crippen molar-refractivity contribution in [1.29, 1.82) is 0 Å². The van der Waals surface area contributed by atoms with Crippen molar-refractivity contribution in [3.8, 4) is 0 Å². The highest BCUT2D eigenvalue weighted by Crippen LogP contribution is 2.26. The van der Waals surface area contributed by atoms with E-state index in [9.17, 15) is 4.79 Å². The Hall–Kier alpha value is -0.850. The van der Waals surface area contributed by atoms with Gasteiger partial charge in [0.15, 0.2) is 0 Å². The molecular weight excluding hydrogens is 385 g/mol. The van der Waals surface area contributed by atoms with E-state index in [2.05, 4.69) is 29.3 Å². The lowest BCUT2D eigenvalue weighted by Gasteiger charge is -2.28. The molecule has 1 amide bonds. The quantitative estimate of drug-likeness (QED) is 0.740. The average molecular weight is 418 g/mol. The smallest absolute Gasteiger partial charge is 0.254 e. The SMILES string of the molecule is CCN(CCCN1CCOCC1)C(=O)c1ccccc1C1CCNC1.Cl.Cl. The number of nitrogens with zero attached hydrogens (tertiary/aromatic N) is 2. The van der Waals surface area contributed by atoms with Crippen LogP contribution in [0.25, 0.3) is 0 Å². The second-order valence-corrected chi connectivity index (χ2v) is 6.97. The highest BCUT2D eigenvalue weighted by Gasteiger charge is 2.24. The van der Waals surface area contributed by atoms with Gasteiger partial charge in [-0.15, -0.1) is 24.8 Å². The maximum absolute atomic E-state index is 13.1. The van der Waals surface area contributed by atoms with Crippen LogP contribution in [0, 0.1) is 0 Å². The van der Waals surface area contributed by atoms with Gasteiger partial charge in [-0.1, -0.05) is 18.2 Å². The summed E-state index contributed by atoms with van der Waals surface area (Å²) < 4.78 is 5.39. The van der Waals surface area contributed by atoms with Crippen LogP contribution in [-0.4, -0.2) is 74.7 Å². The number of nitrogens with one attached hydrogen (secondary N) is 1. The molecule has 1 N–H and O–H groups in total. The molecule has 154 valence electrons. The molecule has 7 heteroatoms. The zero-order valence-electron chi connectivity index (χ0n) is 16.2. The molecule has 5 nitrogen and oxygen atoms in total. The van der Waals surface area contributed by atoms with Crippen LogP contribution in [0.4, 0.5) is 0 Å². The first-order valence-corrected chi connectivity index (χ1v) is 9.68. The largest absolute Gasteiger partial charge is 0.379 e. The molecule has 0 radical (unpaired) electrons. The highest BCUT2D eigenvalue weighted by atomic mass is 35.5.